The van der Waals surface area contributed by atoms with Crippen LogP contribution in [0.5, 0.6) is 0 Å². The molecule has 2 aromatic heterocycles. The molecule has 1 saturated heterocycles. The molecule has 0 radical (unpaired) electrons. The molecular weight excluding hydrogens is 444 g/mol. The van der Waals surface area contributed by atoms with Crippen LogP contribution in [0.3, 0.4) is 0 Å². The number of anilines is 1. The van der Waals surface area contributed by atoms with Gasteiger partial charge in [-0.3, -0.25) is 9.59 Å². The lowest BCUT2D eigenvalue weighted by molar-refractivity contribution is 0.0858. The number of fused-ring (bicyclic) bond motifs is 1. The number of aryl methyl sites for hydroxylation is 1. The Morgan fingerprint density at radius 3 is 2.90 bits per heavy atom. The number of thioether (sulfide) groups is 1. The van der Waals surface area contributed by atoms with E-state index < -0.39 is 5.91 Å². The summed E-state index contributed by atoms with van der Waals surface area (Å²) < 4.78 is 5.61. The third-order valence-electron chi connectivity index (χ3n) is 5.26. The van der Waals surface area contributed by atoms with Gasteiger partial charge in [0.1, 0.15) is 5.00 Å². The highest BCUT2D eigenvalue weighted by molar-refractivity contribution is 7.98. The predicted octanol–water partition coefficient (Wildman–Crippen LogP) is 3.95. The summed E-state index contributed by atoms with van der Waals surface area (Å²) in [7, 11) is 0. The Bertz CT molecular complexity index is 960. The maximum atomic E-state index is 13.1. The minimum absolute atomic E-state index is 0.0613. The molecule has 3 heterocycles. The highest BCUT2D eigenvalue weighted by atomic mass is 35.5. The van der Waals surface area contributed by atoms with Gasteiger partial charge >= 0.3 is 0 Å². The number of nitrogens with one attached hydrogen (secondary N) is 2. The van der Waals surface area contributed by atoms with Crippen molar-refractivity contribution in [1.29, 1.82) is 0 Å². The third kappa shape index (κ3) is 4.64. The summed E-state index contributed by atoms with van der Waals surface area (Å²) in [5.74, 6) is -0.608. The van der Waals surface area contributed by atoms with Gasteiger partial charge in [0.2, 0.25) is 0 Å². The largest absolute Gasteiger partial charge is 0.376 e. The predicted molar refractivity (Wildman–Crippen MR) is 119 cm³/mol. The van der Waals surface area contributed by atoms with E-state index in [1.54, 1.807) is 0 Å². The number of carbonyl (C=O) groups is 2. The molecule has 0 spiro atoms. The molecule has 1 atom stereocenters. The summed E-state index contributed by atoms with van der Waals surface area (Å²) >= 11 is 8.96. The topological polar surface area (TPSA) is 93.2 Å². The highest BCUT2D eigenvalue weighted by Gasteiger charge is 2.28. The van der Waals surface area contributed by atoms with E-state index in [4.69, 9.17) is 16.3 Å². The number of thiophene rings is 1. The molecule has 1 fully saturated rings. The Hall–Kier alpha value is -1.68. The van der Waals surface area contributed by atoms with Crippen LogP contribution in [0.2, 0.25) is 5.02 Å². The maximum Gasteiger partial charge on any atom is 0.276 e. The van der Waals surface area contributed by atoms with Gasteiger partial charge in [-0.25, -0.2) is 9.97 Å². The molecule has 4 rings (SSSR count). The van der Waals surface area contributed by atoms with Crippen LogP contribution in [0.25, 0.3) is 0 Å². The summed E-state index contributed by atoms with van der Waals surface area (Å²) in [6.45, 7) is 1.22. The van der Waals surface area contributed by atoms with E-state index in [0.29, 0.717) is 22.3 Å². The van der Waals surface area contributed by atoms with Gasteiger partial charge in [-0.15, -0.1) is 11.3 Å². The van der Waals surface area contributed by atoms with Crippen molar-refractivity contribution in [2.75, 3.05) is 24.7 Å². The molecule has 10 heteroatoms. The number of aromatic nitrogens is 2. The van der Waals surface area contributed by atoms with E-state index >= 15 is 0 Å². The molecule has 30 heavy (non-hydrogen) atoms. The number of ether oxygens (including phenoxy) is 1. The van der Waals surface area contributed by atoms with Gasteiger partial charge in [-0.1, -0.05) is 23.4 Å². The second-order valence-electron chi connectivity index (χ2n) is 7.27. The zero-order chi connectivity index (χ0) is 21.1. The van der Waals surface area contributed by atoms with Crippen LogP contribution >= 0.6 is 34.7 Å². The fourth-order valence-corrected chi connectivity index (χ4v) is 5.56. The number of rotatable bonds is 6. The Kier molecular flexibility index (Phi) is 6.92. The monoisotopic (exact) mass is 466 g/mol. The van der Waals surface area contributed by atoms with Crippen LogP contribution in [-0.4, -0.2) is 47.3 Å². The summed E-state index contributed by atoms with van der Waals surface area (Å²) in [6, 6.07) is 0. The van der Waals surface area contributed by atoms with Crippen molar-refractivity contribution in [2.24, 2.45) is 0 Å². The van der Waals surface area contributed by atoms with Gasteiger partial charge in [-0.05, 0) is 50.3 Å². The number of amides is 2. The highest BCUT2D eigenvalue weighted by Crippen LogP contribution is 2.38. The Labute approximate surface area is 188 Å². The van der Waals surface area contributed by atoms with E-state index in [1.807, 2.05) is 6.26 Å². The maximum absolute atomic E-state index is 13.1. The van der Waals surface area contributed by atoms with Crippen LogP contribution < -0.4 is 10.6 Å². The molecule has 1 aliphatic heterocycles. The minimum atomic E-state index is -0.440. The zero-order valence-electron chi connectivity index (χ0n) is 16.6. The second kappa shape index (κ2) is 9.64. The van der Waals surface area contributed by atoms with Crippen LogP contribution in [0.1, 0.15) is 57.0 Å². The van der Waals surface area contributed by atoms with E-state index in [0.717, 1.165) is 55.6 Å². The number of carbonyl (C=O) groups excluding carboxylic acids is 2. The third-order valence-corrected chi connectivity index (χ3v) is 7.31. The molecule has 2 N–H and O–H groups in total. The molecule has 0 unspecified atom stereocenters. The van der Waals surface area contributed by atoms with Gasteiger partial charge in [-0.2, -0.15) is 0 Å². The van der Waals surface area contributed by atoms with Crippen LogP contribution in [0, 0.1) is 0 Å². The number of nitrogens with zero attached hydrogens (tertiary/aromatic N) is 2. The Morgan fingerprint density at radius 2 is 2.13 bits per heavy atom. The molecule has 1 aliphatic carbocycles. The Balaban J connectivity index is 1.58. The zero-order valence-corrected chi connectivity index (χ0v) is 19.0. The lowest BCUT2D eigenvalue weighted by atomic mass is 9.95. The summed E-state index contributed by atoms with van der Waals surface area (Å²) in [5.41, 5.74) is 1.72. The standard InChI is InChI=1S/C20H23ClN4O3S2/c1-29-20-23-10-13(21)16(24-20)18(27)25-19-15(12-6-2-3-7-14(12)30-19)17(26)22-9-11-5-4-8-28-11/h10-11H,2-9H2,1H3,(H,22,26)(H,25,27)/t11-/m0/s1. The fraction of sp³-hybridized carbons (Fsp3) is 0.500. The number of hydrogen-bond donors (Lipinski definition) is 2. The summed E-state index contributed by atoms with van der Waals surface area (Å²) in [6.07, 6.45) is 9.18. The second-order valence-corrected chi connectivity index (χ2v) is 9.55. The molecule has 2 aliphatic rings. The quantitative estimate of drug-likeness (QED) is 0.494. The lowest BCUT2D eigenvalue weighted by Gasteiger charge is -2.15. The smallest absolute Gasteiger partial charge is 0.276 e. The lowest BCUT2D eigenvalue weighted by Crippen LogP contribution is -2.32. The van der Waals surface area contributed by atoms with Crippen molar-refractivity contribution in [1.82, 2.24) is 15.3 Å². The minimum Gasteiger partial charge on any atom is -0.376 e. The molecule has 0 bridgehead atoms. The van der Waals surface area contributed by atoms with E-state index in [9.17, 15) is 9.59 Å². The van der Waals surface area contributed by atoms with Gasteiger partial charge in [0.25, 0.3) is 11.8 Å². The first-order chi connectivity index (χ1) is 14.6. The summed E-state index contributed by atoms with van der Waals surface area (Å²) in [4.78, 5) is 35.5. The molecule has 7 nitrogen and oxygen atoms in total. The number of halogens is 1. The van der Waals surface area contributed by atoms with E-state index in [2.05, 4.69) is 20.6 Å². The van der Waals surface area contributed by atoms with E-state index in [-0.39, 0.29) is 22.7 Å². The van der Waals surface area contributed by atoms with Gasteiger partial charge in [0.05, 0.1) is 22.9 Å². The van der Waals surface area contributed by atoms with E-state index in [1.165, 1.54) is 29.3 Å². The first-order valence-electron chi connectivity index (χ1n) is 9.99. The molecule has 2 amide bonds. The van der Waals surface area contributed by atoms with Crippen molar-refractivity contribution in [2.45, 2.75) is 49.8 Å². The van der Waals surface area contributed by atoms with Crippen LogP contribution in [-0.2, 0) is 17.6 Å². The van der Waals surface area contributed by atoms with Crippen LogP contribution in [0.4, 0.5) is 5.00 Å². The molecule has 160 valence electrons. The average Bonchev–Trinajstić information content (AvgIpc) is 3.39. The van der Waals surface area contributed by atoms with Crippen molar-refractivity contribution in [3.8, 4) is 0 Å². The normalized spacial score (nSPS) is 18.1. The number of hydrogen-bond acceptors (Lipinski definition) is 7. The van der Waals surface area contributed by atoms with Gasteiger partial charge in [0, 0.05) is 18.0 Å². The molecule has 0 aromatic carbocycles. The van der Waals surface area contributed by atoms with Crippen LogP contribution in [0.15, 0.2) is 11.4 Å². The van der Waals surface area contributed by atoms with Crippen molar-refractivity contribution < 1.29 is 14.3 Å². The summed E-state index contributed by atoms with van der Waals surface area (Å²) in [5, 5.41) is 7.08. The molecule has 2 aromatic rings. The first-order valence-corrected chi connectivity index (χ1v) is 12.4. The average molecular weight is 467 g/mol. The Morgan fingerprint density at radius 1 is 1.30 bits per heavy atom. The van der Waals surface area contributed by atoms with Crippen molar-refractivity contribution in [3.63, 3.8) is 0 Å². The van der Waals surface area contributed by atoms with Gasteiger partial charge < -0.3 is 15.4 Å². The van der Waals surface area contributed by atoms with Crippen molar-refractivity contribution >= 4 is 51.5 Å². The fourth-order valence-electron chi connectivity index (χ4n) is 3.77. The van der Waals surface area contributed by atoms with Crippen molar-refractivity contribution in [3.05, 3.63) is 32.9 Å². The first kappa shape index (κ1) is 21.5. The molecule has 0 saturated carbocycles. The van der Waals surface area contributed by atoms with Gasteiger partial charge in [0.15, 0.2) is 10.9 Å². The molecular formula is C20H23ClN4O3S2. The SMILES string of the molecule is CSc1ncc(Cl)c(C(=O)Nc2sc3c(c2C(=O)NC[C@@H]2CCCO2)CCCC3)n1.